The van der Waals surface area contributed by atoms with Gasteiger partial charge in [-0.2, -0.15) is 0 Å². The Morgan fingerprint density at radius 1 is 0.923 bits per heavy atom. The largest absolute Gasteiger partial charge is 0.352 e. The smallest absolute Gasteiger partial charge is 0.264 e. The highest BCUT2D eigenvalue weighted by Crippen LogP contribution is 2.26. The number of carbonyl (C=O) groups excluding carboxylic acids is 2. The fourth-order valence-corrected chi connectivity index (χ4v) is 6.44. The summed E-state index contributed by atoms with van der Waals surface area (Å²) in [6.07, 6.45) is 3.91. The molecule has 0 radical (unpaired) electrons. The lowest BCUT2D eigenvalue weighted by molar-refractivity contribution is -0.139. The van der Waals surface area contributed by atoms with Gasteiger partial charge in [0.25, 0.3) is 10.0 Å². The van der Waals surface area contributed by atoms with E-state index < -0.39 is 28.5 Å². The van der Waals surface area contributed by atoms with Crippen LogP contribution < -0.4 is 9.62 Å². The molecule has 10 heteroatoms. The van der Waals surface area contributed by atoms with E-state index in [4.69, 9.17) is 23.2 Å². The normalized spacial score (nSPS) is 14.5. The van der Waals surface area contributed by atoms with E-state index in [1.165, 1.54) is 17.0 Å². The van der Waals surface area contributed by atoms with E-state index in [1.807, 2.05) is 6.07 Å². The molecule has 0 spiro atoms. The molecule has 1 aliphatic rings. The van der Waals surface area contributed by atoms with E-state index in [1.54, 1.807) is 67.6 Å². The Hall–Kier alpha value is -3.07. The summed E-state index contributed by atoms with van der Waals surface area (Å²) in [5.41, 5.74) is 1.00. The molecule has 2 amide bonds. The third-order valence-corrected chi connectivity index (χ3v) is 9.11. The van der Waals surface area contributed by atoms with Gasteiger partial charge in [0.1, 0.15) is 12.6 Å². The molecule has 3 aromatic rings. The van der Waals surface area contributed by atoms with Crippen LogP contribution in [0.5, 0.6) is 0 Å². The second-order valence-corrected chi connectivity index (χ2v) is 12.4. The van der Waals surface area contributed by atoms with E-state index in [0.717, 1.165) is 35.6 Å². The number of rotatable bonds is 10. The van der Waals surface area contributed by atoms with Crippen LogP contribution in [0.25, 0.3) is 0 Å². The summed E-state index contributed by atoms with van der Waals surface area (Å²) in [7, 11) is -4.12. The van der Waals surface area contributed by atoms with Gasteiger partial charge in [-0.05, 0) is 73.9 Å². The van der Waals surface area contributed by atoms with Gasteiger partial charge < -0.3 is 10.2 Å². The molecule has 0 unspecified atom stereocenters. The standard InChI is InChI=1S/C29H31Cl2N3O4S/c1-21(29(36)32-25-10-5-6-11-25)33(19-22-8-7-9-24(31)18-22)28(35)20-34(26-16-14-23(30)15-17-26)39(37,38)27-12-3-2-4-13-27/h2-4,7-9,12-18,21,25H,5-6,10-11,19-20H2,1H3,(H,32,36)/t21-/m1/s1. The molecule has 4 rings (SSSR count). The molecule has 0 aromatic heterocycles. The summed E-state index contributed by atoms with van der Waals surface area (Å²) in [5.74, 6) is -0.806. The molecule has 1 fully saturated rings. The zero-order valence-electron chi connectivity index (χ0n) is 21.6. The lowest BCUT2D eigenvalue weighted by atomic mass is 10.1. The number of anilines is 1. The zero-order chi connectivity index (χ0) is 28.0. The van der Waals surface area contributed by atoms with Crippen molar-refractivity contribution in [2.75, 3.05) is 10.8 Å². The van der Waals surface area contributed by atoms with Gasteiger partial charge in [0.05, 0.1) is 10.6 Å². The van der Waals surface area contributed by atoms with Crippen LogP contribution in [-0.2, 0) is 26.2 Å². The van der Waals surface area contributed by atoms with E-state index >= 15 is 0 Å². The maximum Gasteiger partial charge on any atom is 0.264 e. The van der Waals surface area contributed by atoms with Crippen molar-refractivity contribution in [2.24, 2.45) is 0 Å². The molecule has 7 nitrogen and oxygen atoms in total. The van der Waals surface area contributed by atoms with Gasteiger partial charge in [0.15, 0.2) is 0 Å². The predicted octanol–water partition coefficient (Wildman–Crippen LogP) is 5.66. The average molecular weight is 589 g/mol. The van der Waals surface area contributed by atoms with Gasteiger partial charge in [0, 0.05) is 22.6 Å². The van der Waals surface area contributed by atoms with Gasteiger partial charge in [-0.25, -0.2) is 8.42 Å². The van der Waals surface area contributed by atoms with Gasteiger partial charge in [-0.15, -0.1) is 0 Å². The lowest BCUT2D eigenvalue weighted by Gasteiger charge is -2.32. The molecule has 3 aromatic carbocycles. The fraction of sp³-hybridized carbons (Fsp3) is 0.310. The quantitative estimate of drug-likeness (QED) is 0.331. The van der Waals surface area contributed by atoms with E-state index in [2.05, 4.69) is 5.32 Å². The number of benzene rings is 3. The topological polar surface area (TPSA) is 86.8 Å². The van der Waals surface area contributed by atoms with Crippen LogP contribution in [0.3, 0.4) is 0 Å². The molecule has 0 saturated heterocycles. The van der Waals surface area contributed by atoms with Crippen molar-refractivity contribution in [3.63, 3.8) is 0 Å². The Kier molecular flexibility index (Phi) is 9.53. The second-order valence-electron chi connectivity index (χ2n) is 9.62. The summed E-state index contributed by atoms with van der Waals surface area (Å²) >= 11 is 12.2. The van der Waals surface area contributed by atoms with Crippen molar-refractivity contribution < 1.29 is 18.0 Å². The molecular weight excluding hydrogens is 557 g/mol. The van der Waals surface area contributed by atoms with E-state index in [-0.39, 0.29) is 29.1 Å². The molecule has 1 saturated carbocycles. The Labute approximate surface area is 239 Å². The highest BCUT2D eigenvalue weighted by Gasteiger charge is 2.33. The van der Waals surface area contributed by atoms with Gasteiger partial charge in [0.2, 0.25) is 11.8 Å². The van der Waals surface area contributed by atoms with Gasteiger partial charge in [-0.3, -0.25) is 13.9 Å². The van der Waals surface area contributed by atoms with Crippen molar-refractivity contribution in [1.29, 1.82) is 0 Å². The summed E-state index contributed by atoms with van der Waals surface area (Å²) in [4.78, 5) is 28.6. The number of nitrogens with one attached hydrogen (secondary N) is 1. The Bertz CT molecular complexity index is 1400. The number of hydrogen-bond acceptors (Lipinski definition) is 4. The zero-order valence-corrected chi connectivity index (χ0v) is 23.9. The van der Waals surface area contributed by atoms with Crippen LogP contribution in [0.4, 0.5) is 5.69 Å². The molecule has 1 aliphatic carbocycles. The molecule has 39 heavy (non-hydrogen) atoms. The third kappa shape index (κ3) is 7.32. The Balaban J connectivity index is 1.67. The summed E-state index contributed by atoms with van der Waals surface area (Å²) < 4.78 is 28.5. The van der Waals surface area contributed by atoms with Gasteiger partial charge >= 0.3 is 0 Å². The van der Waals surface area contributed by atoms with Crippen molar-refractivity contribution in [2.45, 2.75) is 56.1 Å². The Morgan fingerprint density at radius 3 is 2.23 bits per heavy atom. The summed E-state index contributed by atoms with van der Waals surface area (Å²) in [5, 5.41) is 3.98. The van der Waals surface area contributed by atoms with E-state index in [9.17, 15) is 18.0 Å². The molecule has 206 valence electrons. The first-order valence-electron chi connectivity index (χ1n) is 12.8. The minimum absolute atomic E-state index is 0.0427. The number of nitrogens with zero attached hydrogens (tertiary/aromatic N) is 2. The molecule has 0 aliphatic heterocycles. The van der Waals surface area contributed by atoms with Crippen LogP contribution >= 0.6 is 23.2 Å². The second kappa shape index (κ2) is 12.9. The number of sulfonamides is 1. The molecule has 1 atom stereocenters. The molecular formula is C29H31Cl2N3O4S. The summed E-state index contributed by atoms with van der Waals surface area (Å²) in [6.45, 7) is 1.23. The molecule has 0 heterocycles. The minimum atomic E-state index is -4.12. The first-order valence-corrected chi connectivity index (χ1v) is 15.0. The predicted molar refractivity (Wildman–Crippen MR) is 154 cm³/mol. The lowest BCUT2D eigenvalue weighted by Crippen LogP contribution is -2.52. The summed E-state index contributed by atoms with van der Waals surface area (Å²) in [6, 6.07) is 20.4. The van der Waals surface area contributed by atoms with Crippen molar-refractivity contribution in [3.05, 3.63) is 94.5 Å². The number of hydrogen-bond donors (Lipinski definition) is 1. The number of halogens is 2. The van der Waals surface area contributed by atoms with Crippen LogP contribution in [0.2, 0.25) is 10.0 Å². The third-order valence-electron chi connectivity index (χ3n) is 6.84. The van der Waals surface area contributed by atoms with Crippen molar-refractivity contribution in [3.8, 4) is 0 Å². The van der Waals surface area contributed by atoms with Crippen LogP contribution in [0.15, 0.2) is 83.8 Å². The first-order chi connectivity index (χ1) is 18.6. The Morgan fingerprint density at radius 2 is 1.59 bits per heavy atom. The maximum atomic E-state index is 13.9. The van der Waals surface area contributed by atoms with E-state index in [0.29, 0.717) is 10.0 Å². The van der Waals surface area contributed by atoms with Crippen LogP contribution in [0.1, 0.15) is 38.2 Å². The highest BCUT2D eigenvalue weighted by atomic mass is 35.5. The maximum absolute atomic E-state index is 13.9. The average Bonchev–Trinajstić information content (AvgIpc) is 3.44. The molecule has 1 N–H and O–H groups in total. The first kappa shape index (κ1) is 28.9. The van der Waals surface area contributed by atoms with Crippen LogP contribution in [-0.4, -0.2) is 43.8 Å². The monoisotopic (exact) mass is 587 g/mol. The van der Waals surface area contributed by atoms with Gasteiger partial charge in [-0.1, -0.05) is 66.4 Å². The number of carbonyl (C=O) groups is 2. The minimum Gasteiger partial charge on any atom is -0.352 e. The highest BCUT2D eigenvalue weighted by molar-refractivity contribution is 7.92. The van der Waals surface area contributed by atoms with Crippen LogP contribution in [0, 0.1) is 0 Å². The fourth-order valence-electron chi connectivity index (χ4n) is 4.66. The number of amides is 2. The van der Waals surface area contributed by atoms with Crippen molar-refractivity contribution >= 4 is 50.7 Å². The molecule has 0 bridgehead atoms. The SMILES string of the molecule is C[C@H](C(=O)NC1CCCC1)N(Cc1cccc(Cl)c1)C(=O)CN(c1ccc(Cl)cc1)S(=O)(=O)c1ccccc1. The van der Waals surface area contributed by atoms with Crippen molar-refractivity contribution in [1.82, 2.24) is 10.2 Å².